The van der Waals surface area contributed by atoms with Gasteiger partial charge in [-0.3, -0.25) is 18.7 Å². The predicted molar refractivity (Wildman–Crippen MR) is 121 cm³/mol. The topological polar surface area (TPSA) is 134 Å². The van der Waals surface area contributed by atoms with E-state index in [4.69, 9.17) is 14.4 Å². The molecule has 172 valence electrons. The Bertz CT molecular complexity index is 1080. The molecular weight excluding hydrogens is 552 g/mol. The lowest BCUT2D eigenvalue weighted by molar-refractivity contribution is -0.234. The van der Waals surface area contributed by atoms with E-state index in [-0.39, 0.29) is 5.78 Å². The molecule has 0 bridgehead atoms. The van der Waals surface area contributed by atoms with Crippen LogP contribution in [-0.4, -0.2) is 35.1 Å². The number of benzene rings is 2. The standard InChI is InChI=1S/C21H23INO8P/c1-12(24)13-7-8-17-16(10-13)18(23-20(25)14-5-4-6-15(22)9-14)19(21(2,3)31-17)29-11-30-32(26,27)28/h4-10,18-19H,11H2,1-3H3,(H,23,25)(H2,26,27,28)/p-1/t18-,19+/m0/s1. The number of nitrogens with one attached hydrogen (secondary N) is 1. The summed E-state index contributed by atoms with van der Waals surface area (Å²) >= 11 is 2.10. The molecule has 1 heterocycles. The normalized spacial score (nSPS) is 21.1. The van der Waals surface area contributed by atoms with Gasteiger partial charge in [0.05, 0.1) is 6.04 Å². The molecule has 1 unspecified atom stereocenters. The number of ether oxygens (including phenoxy) is 2. The summed E-state index contributed by atoms with van der Waals surface area (Å²) in [6, 6.07) is 11.0. The first kappa shape index (κ1) is 24.8. The van der Waals surface area contributed by atoms with Gasteiger partial charge in [-0.1, -0.05) is 6.07 Å². The molecule has 3 rings (SSSR count). The quantitative estimate of drug-likeness (QED) is 0.223. The summed E-state index contributed by atoms with van der Waals surface area (Å²) in [5.41, 5.74) is 0.296. The van der Waals surface area contributed by atoms with Gasteiger partial charge in [-0.05, 0) is 79.8 Å². The molecule has 1 aliphatic rings. The van der Waals surface area contributed by atoms with E-state index in [0.717, 1.165) is 3.57 Å². The summed E-state index contributed by atoms with van der Waals surface area (Å²) in [7, 11) is -5.01. The largest absolute Gasteiger partial charge is 0.756 e. The fourth-order valence-corrected chi connectivity index (χ4v) is 4.22. The summed E-state index contributed by atoms with van der Waals surface area (Å²) in [4.78, 5) is 44.8. The van der Waals surface area contributed by atoms with Crippen LogP contribution < -0.4 is 14.9 Å². The molecule has 11 heteroatoms. The lowest BCUT2D eigenvalue weighted by Crippen LogP contribution is -2.55. The molecule has 9 nitrogen and oxygen atoms in total. The van der Waals surface area contributed by atoms with Crippen molar-refractivity contribution < 1.29 is 37.9 Å². The molecule has 2 aromatic rings. The number of rotatable bonds is 7. The smallest absolute Gasteiger partial charge is 0.267 e. The zero-order chi connectivity index (χ0) is 23.7. The van der Waals surface area contributed by atoms with Crippen molar-refractivity contribution in [2.75, 3.05) is 6.79 Å². The van der Waals surface area contributed by atoms with Crippen molar-refractivity contribution in [3.63, 3.8) is 0 Å². The second-order valence-corrected chi connectivity index (χ2v) is 10.2. The summed E-state index contributed by atoms with van der Waals surface area (Å²) in [5, 5.41) is 2.91. The Labute approximate surface area is 198 Å². The SMILES string of the molecule is CC(=O)c1ccc2c(c1)[C@H](NC(=O)c1cccc(I)c1)[C@@H](OCOP(=O)([O-])O)C(C)(C)O2. The average Bonchev–Trinajstić information content (AvgIpc) is 2.68. The summed E-state index contributed by atoms with van der Waals surface area (Å²) in [6.45, 7) is 4.05. The fraction of sp³-hybridized carbons (Fsp3) is 0.333. The van der Waals surface area contributed by atoms with Crippen LogP contribution in [-0.2, 0) is 13.8 Å². The first-order valence-electron chi connectivity index (χ1n) is 9.58. The van der Waals surface area contributed by atoms with Gasteiger partial charge in [0.1, 0.15) is 17.5 Å². The summed E-state index contributed by atoms with van der Waals surface area (Å²) in [5.74, 6) is -0.115. The van der Waals surface area contributed by atoms with E-state index in [1.54, 1.807) is 50.2 Å². The third-order valence-corrected chi connectivity index (χ3v) is 6.05. The van der Waals surface area contributed by atoms with E-state index >= 15 is 0 Å². The van der Waals surface area contributed by atoms with Crippen LogP contribution in [0.25, 0.3) is 0 Å². The molecule has 0 spiro atoms. The Kier molecular flexibility index (Phi) is 7.43. The van der Waals surface area contributed by atoms with E-state index < -0.39 is 38.3 Å². The Morgan fingerprint density at radius 2 is 1.97 bits per heavy atom. The third kappa shape index (κ3) is 5.94. The molecule has 2 aromatic carbocycles. The van der Waals surface area contributed by atoms with Crippen molar-refractivity contribution in [1.82, 2.24) is 5.32 Å². The van der Waals surface area contributed by atoms with E-state index in [9.17, 15) is 19.0 Å². The number of ketones is 1. The highest BCUT2D eigenvalue weighted by Crippen LogP contribution is 2.42. The molecule has 0 saturated heterocycles. The van der Waals surface area contributed by atoms with E-state index in [0.29, 0.717) is 22.4 Å². The highest BCUT2D eigenvalue weighted by atomic mass is 127. The van der Waals surface area contributed by atoms with Gasteiger partial charge in [0.25, 0.3) is 13.7 Å². The van der Waals surface area contributed by atoms with Crippen LogP contribution in [0.2, 0.25) is 0 Å². The number of amides is 1. The van der Waals surface area contributed by atoms with Gasteiger partial charge in [-0.25, -0.2) is 0 Å². The zero-order valence-electron chi connectivity index (χ0n) is 17.5. The van der Waals surface area contributed by atoms with Gasteiger partial charge in [-0.2, -0.15) is 0 Å². The maximum atomic E-state index is 13.0. The van der Waals surface area contributed by atoms with Crippen molar-refractivity contribution >= 4 is 42.1 Å². The fourth-order valence-electron chi connectivity index (χ4n) is 3.48. The number of halogens is 1. The first-order chi connectivity index (χ1) is 14.9. The van der Waals surface area contributed by atoms with Crippen molar-refractivity contribution in [1.29, 1.82) is 0 Å². The van der Waals surface area contributed by atoms with Crippen LogP contribution in [0.1, 0.15) is 53.1 Å². The van der Waals surface area contributed by atoms with Crippen molar-refractivity contribution in [3.05, 3.63) is 62.7 Å². The number of carbonyl (C=O) groups excluding carboxylic acids is 2. The molecule has 0 aliphatic carbocycles. The molecule has 32 heavy (non-hydrogen) atoms. The number of fused-ring (bicyclic) bond motifs is 1. The van der Waals surface area contributed by atoms with Gasteiger partial charge in [-0.15, -0.1) is 0 Å². The van der Waals surface area contributed by atoms with Crippen LogP contribution in [0.3, 0.4) is 0 Å². The van der Waals surface area contributed by atoms with Gasteiger partial charge in [0.15, 0.2) is 12.6 Å². The highest BCUT2D eigenvalue weighted by Gasteiger charge is 2.46. The molecular formula is C21H22INO8P-. The average molecular weight is 574 g/mol. The van der Waals surface area contributed by atoms with Crippen LogP contribution >= 0.6 is 30.4 Å². The van der Waals surface area contributed by atoms with Crippen molar-refractivity contribution in [3.8, 4) is 5.75 Å². The molecule has 1 amide bonds. The van der Waals surface area contributed by atoms with E-state index in [1.807, 2.05) is 6.07 Å². The number of phosphoric acid groups is 1. The van der Waals surface area contributed by atoms with Crippen LogP contribution in [0.15, 0.2) is 42.5 Å². The Hall–Kier alpha value is -1.82. The first-order valence-corrected chi connectivity index (χ1v) is 12.1. The van der Waals surface area contributed by atoms with Crippen LogP contribution in [0, 0.1) is 3.57 Å². The molecule has 0 aromatic heterocycles. The van der Waals surface area contributed by atoms with Gasteiger partial charge < -0.3 is 24.6 Å². The minimum Gasteiger partial charge on any atom is -0.756 e. The molecule has 1 aliphatic heterocycles. The third-order valence-electron chi connectivity index (χ3n) is 4.95. The lowest BCUT2D eigenvalue weighted by Gasteiger charge is -2.44. The molecule has 3 atom stereocenters. The second kappa shape index (κ2) is 9.58. The molecule has 0 radical (unpaired) electrons. The number of hydrogen-bond acceptors (Lipinski definition) is 7. The number of carbonyl (C=O) groups is 2. The van der Waals surface area contributed by atoms with E-state index in [1.165, 1.54) is 6.92 Å². The maximum Gasteiger partial charge on any atom is 0.267 e. The maximum absolute atomic E-state index is 13.0. The highest BCUT2D eigenvalue weighted by molar-refractivity contribution is 14.1. The zero-order valence-corrected chi connectivity index (χ0v) is 20.6. The Balaban J connectivity index is 2.01. The van der Waals surface area contributed by atoms with Crippen molar-refractivity contribution in [2.45, 2.75) is 38.5 Å². The minimum atomic E-state index is -5.01. The number of phosphoric ester groups is 1. The Morgan fingerprint density at radius 1 is 1.25 bits per heavy atom. The second-order valence-electron chi connectivity index (χ2n) is 7.78. The molecule has 2 N–H and O–H groups in total. The number of hydrogen-bond donors (Lipinski definition) is 2. The predicted octanol–water partition coefficient (Wildman–Crippen LogP) is 2.96. The molecule has 0 saturated carbocycles. The van der Waals surface area contributed by atoms with Crippen LogP contribution in [0.5, 0.6) is 5.75 Å². The van der Waals surface area contributed by atoms with Gasteiger partial charge in [0.2, 0.25) is 0 Å². The molecule has 0 fully saturated rings. The summed E-state index contributed by atoms with van der Waals surface area (Å²) in [6.07, 6.45) is -0.921. The Morgan fingerprint density at radius 3 is 2.59 bits per heavy atom. The van der Waals surface area contributed by atoms with Gasteiger partial charge >= 0.3 is 0 Å². The van der Waals surface area contributed by atoms with E-state index in [2.05, 4.69) is 32.4 Å². The lowest BCUT2D eigenvalue weighted by atomic mass is 9.85. The van der Waals surface area contributed by atoms with Crippen LogP contribution in [0.4, 0.5) is 0 Å². The van der Waals surface area contributed by atoms with Crippen molar-refractivity contribution in [2.24, 2.45) is 0 Å². The number of Topliss-reactive ketones (excluding diaryl/α,β-unsaturated/α-hetero) is 1. The van der Waals surface area contributed by atoms with Gasteiger partial charge in [0, 0.05) is 20.3 Å². The minimum absolute atomic E-state index is 0.173. The monoisotopic (exact) mass is 574 g/mol. The summed E-state index contributed by atoms with van der Waals surface area (Å²) < 4.78 is 27.8.